The van der Waals surface area contributed by atoms with Crippen molar-refractivity contribution < 1.29 is 28.3 Å². The van der Waals surface area contributed by atoms with Crippen molar-refractivity contribution >= 4 is 12.1 Å². The summed E-state index contributed by atoms with van der Waals surface area (Å²) in [6.07, 6.45) is 0.577. The molecule has 0 spiro atoms. The number of fused-ring (bicyclic) bond motifs is 1. The fourth-order valence-electron chi connectivity index (χ4n) is 4.16. The summed E-state index contributed by atoms with van der Waals surface area (Å²) in [6.45, 7) is 6.33. The highest BCUT2D eigenvalue weighted by atomic mass is 19.1. The van der Waals surface area contributed by atoms with Crippen LogP contribution < -0.4 is 10.2 Å². The van der Waals surface area contributed by atoms with Gasteiger partial charge in [0.15, 0.2) is 0 Å². The SMILES string of the molecule is CC(C)(C)OC(=O)N1CCC(F)(c2ccc3c(c2)OC[C@H](NOC(=O)c2ccccc2)C3)CC1. The topological polar surface area (TPSA) is 77.1 Å². The van der Waals surface area contributed by atoms with Crippen molar-refractivity contribution in [3.05, 3.63) is 65.2 Å². The Hall–Kier alpha value is -3.13. The molecule has 2 aliphatic heterocycles. The number of nitrogens with one attached hydrogen (secondary N) is 1. The number of carbonyl (C=O) groups is 2. The van der Waals surface area contributed by atoms with E-state index >= 15 is 4.39 Å². The van der Waals surface area contributed by atoms with Gasteiger partial charge in [0.25, 0.3) is 0 Å². The summed E-state index contributed by atoms with van der Waals surface area (Å²) in [6, 6.07) is 13.9. The Morgan fingerprint density at radius 3 is 2.50 bits per heavy atom. The Kier molecular flexibility index (Phi) is 6.79. The van der Waals surface area contributed by atoms with Gasteiger partial charge in [-0.1, -0.05) is 30.3 Å². The molecule has 0 aromatic heterocycles. The predicted molar refractivity (Wildman–Crippen MR) is 124 cm³/mol. The zero-order valence-corrected chi connectivity index (χ0v) is 19.8. The monoisotopic (exact) mass is 470 g/mol. The van der Waals surface area contributed by atoms with Gasteiger partial charge in [0.2, 0.25) is 0 Å². The van der Waals surface area contributed by atoms with Crippen LogP contribution in [0.15, 0.2) is 48.5 Å². The Morgan fingerprint density at radius 1 is 1.12 bits per heavy atom. The molecule has 0 bridgehead atoms. The molecule has 2 aliphatic rings. The number of ether oxygens (including phenoxy) is 2. The minimum absolute atomic E-state index is 0.199. The number of alkyl halides is 1. The van der Waals surface area contributed by atoms with Crippen molar-refractivity contribution in [2.45, 2.75) is 57.3 Å². The van der Waals surface area contributed by atoms with E-state index in [2.05, 4.69) is 5.48 Å². The number of rotatable bonds is 4. The van der Waals surface area contributed by atoms with Gasteiger partial charge in [0.1, 0.15) is 23.6 Å². The molecule has 0 unspecified atom stereocenters. The van der Waals surface area contributed by atoms with E-state index in [1.54, 1.807) is 41.3 Å². The maximum atomic E-state index is 15.8. The Morgan fingerprint density at radius 2 is 1.82 bits per heavy atom. The number of nitrogens with zero attached hydrogens (tertiary/aromatic N) is 1. The first-order valence-electron chi connectivity index (χ1n) is 11.6. The molecule has 1 atom stereocenters. The summed E-state index contributed by atoms with van der Waals surface area (Å²) < 4.78 is 27.1. The Bertz CT molecular complexity index is 1030. The van der Waals surface area contributed by atoms with Gasteiger partial charge in [0.05, 0.1) is 11.6 Å². The zero-order valence-electron chi connectivity index (χ0n) is 19.8. The first-order chi connectivity index (χ1) is 16.1. The number of piperidine rings is 1. The molecule has 2 aromatic rings. The third-order valence-corrected chi connectivity index (χ3v) is 6.03. The van der Waals surface area contributed by atoms with E-state index in [0.29, 0.717) is 43.0 Å². The minimum atomic E-state index is -1.53. The minimum Gasteiger partial charge on any atom is -0.492 e. The molecule has 1 N–H and O–H groups in total. The van der Waals surface area contributed by atoms with Crippen molar-refractivity contribution in [3.8, 4) is 5.75 Å². The van der Waals surface area contributed by atoms with E-state index in [0.717, 1.165) is 5.56 Å². The lowest BCUT2D eigenvalue weighted by molar-refractivity contribution is 0.00155. The highest BCUT2D eigenvalue weighted by Gasteiger charge is 2.39. The molecule has 182 valence electrons. The fraction of sp³-hybridized carbons (Fsp3) is 0.462. The summed E-state index contributed by atoms with van der Waals surface area (Å²) >= 11 is 0. The zero-order chi connectivity index (χ0) is 24.3. The second kappa shape index (κ2) is 9.62. The van der Waals surface area contributed by atoms with Gasteiger partial charge in [-0.2, -0.15) is 0 Å². The molecule has 34 heavy (non-hydrogen) atoms. The number of likely N-dealkylation sites (tertiary alicyclic amines) is 1. The lowest BCUT2D eigenvalue weighted by Gasteiger charge is -2.37. The summed E-state index contributed by atoms with van der Waals surface area (Å²) in [4.78, 5) is 31.2. The van der Waals surface area contributed by atoms with Crippen LogP contribution in [0.25, 0.3) is 0 Å². The van der Waals surface area contributed by atoms with E-state index in [9.17, 15) is 9.59 Å². The second-order valence-electron chi connectivity index (χ2n) is 9.84. The van der Waals surface area contributed by atoms with Crippen molar-refractivity contribution in [3.63, 3.8) is 0 Å². The Balaban J connectivity index is 1.33. The van der Waals surface area contributed by atoms with Gasteiger partial charge < -0.3 is 19.2 Å². The van der Waals surface area contributed by atoms with Crippen LogP contribution in [0.3, 0.4) is 0 Å². The molecule has 0 saturated carbocycles. The molecule has 1 fully saturated rings. The van der Waals surface area contributed by atoms with Crippen LogP contribution in [0.5, 0.6) is 5.75 Å². The highest BCUT2D eigenvalue weighted by Crippen LogP contribution is 2.40. The molecular weight excluding hydrogens is 439 g/mol. The first-order valence-corrected chi connectivity index (χ1v) is 11.6. The van der Waals surface area contributed by atoms with Gasteiger partial charge in [-0.25, -0.2) is 14.0 Å². The highest BCUT2D eigenvalue weighted by molar-refractivity contribution is 5.89. The van der Waals surface area contributed by atoms with Crippen LogP contribution in [0.4, 0.5) is 9.18 Å². The fourth-order valence-corrected chi connectivity index (χ4v) is 4.16. The molecule has 2 aromatic carbocycles. The quantitative estimate of drug-likeness (QED) is 0.661. The second-order valence-corrected chi connectivity index (χ2v) is 9.84. The molecule has 7 nitrogen and oxygen atoms in total. The van der Waals surface area contributed by atoms with E-state index in [-0.39, 0.29) is 18.9 Å². The summed E-state index contributed by atoms with van der Waals surface area (Å²) in [5, 5.41) is 0. The summed E-state index contributed by atoms with van der Waals surface area (Å²) in [5.74, 6) is 0.176. The molecule has 8 heteroatoms. The normalized spacial score (nSPS) is 19.5. The smallest absolute Gasteiger partial charge is 0.410 e. The average Bonchev–Trinajstić information content (AvgIpc) is 2.82. The average molecular weight is 471 g/mol. The van der Waals surface area contributed by atoms with Crippen molar-refractivity contribution in [1.82, 2.24) is 10.4 Å². The predicted octanol–water partition coefficient (Wildman–Crippen LogP) is 4.55. The van der Waals surface area contributed by atoms with E-state index in [4.69, 9.17) is 14.3 Å². The number of benzene rings is 2. The lowest BCUT2D eigenvalue weighted by atomic mass is 9.85. The van der Waals surface area contributed by atoms with Crippen molar-refractivity contribution in [2.24, 2.45) is 0 Å². The van der Waals surface area contributed by atoms with Gasteiger partial charge in [-0.15, -0.1) is 5.48 Å². The molecule has 2 heterocycles. The van der Waals surface area contributed by atoms with Gasteiger partial charge in [-0.3, -0.25) is 0 Å². The van der Waals surface area contributed by atoms with Crippen LogP contribution >= 0.6 is 0 Å². The number of hydrogen-bond donors (Lipinski definition) is 1. The third-order valence-electron chi connectivity index (χ3n) is 6.03. The first kappa shape index (κ1) is 24.0. The van der Waals surface area contributed by atoms with Crippen molar-refractivity contribution in [2.75, 3.05) is 19.7 Å². The summed E-state index contributed by atoms with van der Waals surface area (Å²) in [5.41, 5.74) is 2.60. The van der Waals surface area contributed by atoms with Crippen LogP contribution in [-0.2, 0) is 21.7 Å². The molecule has 0 aliphatic carbocycles. The van der Waals surface area contributed by atoms with E-state index in [1.165, 1.54) is 0 Å². The van der Waals surface area contributed by atoms with Gasteiger partial charge in [-0.05, 0) is 56.5 Å². The van der Waals surface area contributed by atoms with Gasteiger partial charge >= 0.3 is 12.1 Å². The van der Waals surface area contributed by atoms with Crippen LogP contribution in [0.1, 0.15) is 55.1 Å². The largest absolute Gasteiger partial charge is 0.492 e. The van der Waals surface area contributed by atoms with Crippen LogP contribution in [0, 0.1) is 0 Å². The molecule has 4 rings (SSSR count). The number of hydrogen-bond acceptors (Lipinski definition) is 6. The van der Waals surface area contributed by atoms with E-state index < -0.39 is 23.3 Å². The standard InChI is InChI=1S/C26H31FN2O5/c1-25(2,3)33-24(31)29-13-11-26(27,12-14-29)20-10-9-19-15-21(17-32-22(19)16-20)28-34-23(30)18-7-5-4-6-8-18/h4-10,16,21,28H,11-15,17H2,1-3H3/t21-/m1/s1. The molecule has 0 radical (unpaired) electrons. The number of carbonyl (C=O) groups excluding carboxylic acids is 2. The van der Waals surface area contributed by atoms with Gasteiger partial charge in [0, 0.05) is 25.9 Å². The Labute approximate surface area is 199 Å². The van der Waals surface area contributed by atoms with E-state index in [1.807, 2.05) is 32.9 Å². The maximum Gasteiger partial charge on any atom is 0.410 e. The maximum absolute atomic E-state index is 15.8. The molecular formula is C26H31FN2O5. The number of hydroxylamine groups is 1. The molecule has 1 amide bonds. The van der Waals surface area contributed by atoms with Crippen molar-refractivity contribution in [1.29, 1.82) is 0 Å². The lowest BCUT2D eigenvalue weighted by Crippen LogP contribution is -2.45. The third kappa shape index (κ3) is 5.67. The van der Waals surface area contributed by atoms with Crippen LogP contribution in [-0.4, -0.2) is 48.3 Å². The number of amides is 1. The summed E-state index contributed by atoms with van der Waals surface area (Å²) in [7, 11) is 0. The molecule has 1 saturated heterocycles. The van der Waals surface area contributed by atoms with Crippen LogP contribution in [0.2, 0.25) is 0 Å². The number of halogens is 1.